The molecule has 0 aliphatic carbocycles. The van der Waals surface area contributed by atoms with Gasteiger partial charge in [-0.3, -0.25) is 19.5 Å². The molecule has 0 atom stereocenters. The summed E-state index contributed by atoms with van der Waals surface area (Å²) < 4.78 is 7.01. The average molecular weight is 325 g/mol. The summed E-state index contributed by atoms with van der Waals surface area (Å²) in [7, 11) is 0. The van der Waals surface area contributed by atoms with Crippen molar-refractivity contribution in [3.05, 3.63) is 74.8 Å². The van der Waals surface area contributed by atoms with Crippen LogP contribution in [0.15, 0.2) is 53.6 Å². The molecule has 0 aliphatic heterocycles. The highest BCUT2D eigenvalue weighted by molar-refractivity contribution is 5.79. The highest BCUT2D eigenvalue weighted by Crippen LogP contribution is 2.16. The number of hydrogen-bond acceptors (Lipinski definition) is 5. The van der Waals surface area contributed by atoms with Crippen LogP contribution in [0.1, 0.15) is 5.56 Å². The second-order valence-electron chi connectivity index (χ2n) is 5.37. The molecule has 1 aromatic heterocycles. The van der Waals surface area contributed by atoms with Gasteiger partial charge in [0.25, 0.3) is 11.2 Å². The molecule has 24 heavy (non-hydrogen) atoms. The Morgan fingerprint density at radius 2 is 2.08 bits per heavy atom. The zero-order valence-corrected chi connectivity index (χ0v) is 13.0. The Labute approximate surface area is 137 Å². The molecule has 0 amide bonds. The molecule has 0 fully saturated rings. The molecule has 0 saturated heterocycles. The lowest BCUT2D eigenvalue weighted by Crippen LogP contribution is -2.23. The Kier molecular flexibility index (Phi) is 4.24. The van der Waals surface area contributed by atoms with Crippen LogP contribution in [0.25, 0.3) is 10.9 Å². The number of fused-ring (bicyclic) bond motifs is 1. The van der Waals surface area contributed by atoms with Crippen LogP contribution in [-0.2, 0) is 6.54 Å². The van der Waals surface area contributed by atoms with E-state index < -0.39 is 4.92 Å². The van der Waals surface area contributed by atoms with Crippen molar-refractivity contribution in [1.29, 1.82) is 0 Å². The molecule has 0 saturated carbocycles. The lowest BCUT2D eigenvalue weighted by molar-refractivity contribution is -0.384. The SMILES string of the molecule is Cc1cccc(OCCn2cnc3ccc([N+](=O)[O-])cc3c2=O)c1. The number of aryl methyl sites for hydroxylation is 1. The Hall–Kier alpha value is -3.22. The van der Waals surface area contributed by atoms with Crippen LogP contribution in [0, 0.1) is 17.0 Å². The van der Waals surface area contributed by atoms with Gasteiger partial charge in [-0.15, -0.1) is 0 Å². The molecule has 0 N–H and O–H groups in total. The van der Waals surface area contributed by atoms with Gasteiger partial charge in [-0.25, -0.2) is 4.98 Å². The Bertz CT molecular complexity index is 965. The Morgan fingerprint density at radius 3 is 2.83 bits per heavy atom. The van der Waals surface area contributed by atoms with Crippen molar-refractivity contribution in [3.8, 4) is 5.75 Å². The first kappa shape index (κ1) is 15.7. The van der Waals surface area contributed by atoms with E-state index in [2.05, 4.69) is 4.98 Å². The van der Waals surface area contributed by atoms with Crippen molar-refractivity contribution in [3.63, 3.8) is 0 Å². The lowest BCUT2D eigenvalue weighted by atomic mass is 10.2. The largest absolute Gasteiger partial charge is 0.492 e. The standard InChI is InChI=1S/C17H15N3O4/c1-12-3-2-4-14(9-12)24-8-7-19-11-18-16-6-5-13(20(22)23)10-15(16)17(19)21/h2-6,9-11H,7-8H2,1H3. The van der Waals surface area contributed by atoms with Crippen molar-refractivity contribution in [2.75, 3.05) is 6.61 Å². The van der Waals surface area contributed by atoms with Crippen molar-refractivity contribution >= 4 is 16.6 Å². The fourth-order valence-electron chi connectivity index (χ4n) is 2.39. The second kappa shape index (κ2) is 6.49. The Morgan fingerprint density at radius 1 is 1.25 bits per heavy atom. The summed E-state index contributed by atoms with van der Waals surface area (Å²) >= 11 is 0. The third kappa shape index (κ3) is 3.24. The quantitative estimate of drug-likeness (QED) is 0.531. The summed E-state index contributed by atoms with van der Waals surface area (Å²) in [6.07, 6.45) is 1.43. The fourth-order valence-corrected chi connectivity index (χ4v) is 2.39. The highest BCUT2D eigenvalue weighted by atomic mass is 16.6. The first-order chi connectivity index (χ1) is 11.5. The van der Waals surface area contributed by atoms with Gasteiger partial charge in [0.05, 0.1) is 28.7 Å². The molecule has 122 valence electrons. The number of nitrogens with zero attached hydrogens (tertiary/aromatic N) is 3. The number of rotatable bonds is 5. The summed E-state index contributed by atoms with van der Waals surface area (Å²) in [5.41, 5.74) is 1.07. The van der Waals surface area contributed by atoms with Gasteiger partial charge >= 0.3 is 0 Å². The third-order valence-corrected chi connectivity index (χ3v) is 3.61. The molecule has 0 bridgehead atoms. The van der Waals surface area contributed by atoms with Crippen LogP contribution < -0.4 is 10.3 Å². The molecule has 1 heterocycles. The molecule has 0 spiro atoms. The number of nitro groups is 1. The first-order valence-electron chi connectivity index (χ1n) is 7.37. The van der Waals surface area contributed by atoms with Gasteiger partial charge in [0.2, 0.25) is 0 Å². The van der Waals surface area contributed by atoms with Crippen LogP contribution in [-0.4, -0.2) is 21.1 Å². The molecule has 7 nitrogen and oxygen atoms in total. The topological polar surface area (TPSA) is 87.3 Å². The van der Waals surface area contributed by atoms with Crippen LogP contribution in [0.3, 0.4) is 0 Å². The van der Waals surface area contributed by atoms with E-state index in [0.29, 0.717) is 18.7 Å². The van der Waals surface area contributed by atoms with Gasteiger partial charge in [0.1, 0.15) is 12.4 Å². The second-order valence-corrected chi connectivity index (χ2v) is 5.37. The molecule has 0 radical (unpaired) electrons. The van der Waals surface area contributed by atoms with E-state index in [9.17, 15) is 14.9 Å². The molecule has 0 aliphatic rings. The zero-order chi connectivity index (χ0) is 17.1. The van der Waals surface area contributed by atoms with E-state index in [1.54, 1.807) is 0 Å². The van der Waals surface area contributed by atoms with Gasteiger partial charge in [-0.1, -0.05) is 12.1 Å². The third-order valence-electron chi connectivity index (χ3n) is 3.61. The van der Waals surface area contributed by atoms with Gasteiger partial charge in [0, 0.05) is 12.1 Å². The van der Waals surface area contributed by atoms with E-state index in [4.69, 9.17) is 4.74 Å². The maximum atomic E-state index is 12.4. The van der Waals surface area contributed by atoms with Crippen LogP contribution >= 0.6 is 0 Å². The highest BCUT2D eigenvalue weighted by Gasteiger charge is 2.10. The van der Waals surface area contributed by atoms with Crippen molar-refractivity contribution in [2.24, 2.45) is 0 Å². The van der Waals surface area contributed by atoms with E-state index in [1.165, 1.54) is 29.1 Å². The van der Waals surface area contributed by atoms with E-state index in [-0.39, 0.29) is 16.6 Å². The minimum Gasteiger partial charge on any atom is -0.492 e. The maximum absolute atomic E-state index is 12.4. The number of ether oxygens (including phenoxy) is 1. The van der Waals surface area contributed by atoms with Gasteiger partial charge in [0.15, 0.2) is 0 Å². The summed E-state index contributed by atoms with van der Waals surface area (Å²) in [5, 5.41) is 11.1. The smallest absolute Gasteiger partial charge is 0.270 e. The number of nitro benzene ring substituents is 1. The normalized spacial score (nSPS) is 10.7. The molecular weight excluding hydrogens is 310 g/mol. The lowest BCUT2D eigenvalue weighted by Gasteiger charge is -2.09. The minimum atomic E-state index is -0.531. The van der Waals surface area contributed by atoms with Crippen LogP contribution in [0.5, 0.6) is 5.75 Å². The van der Waals surface area contributed by atoms with Crippen LogP contribution in [0.2, 0.25) is 0 Å². The molecular formula is C17H15N3O4. The van der Waals surface area contributed by atoms with E-state index >= 15 is 0 Å². The fraction of sp³-hybridized carbons (Fsp3) is 0.176. The zero-order valence-electron chi connectivity index (χ0n) is 13.0. The molecule has 3 rings (SSSR count). The average Bonchev–Trinajstić information content (AvgIpc) is 2.57. The predicted octanol–water partition coefficient (Wildman–Crippen LogP) is 2.69. The molecule has 0 unspecified atom stereocenters. The van der Waals surface area contributed by atoms with Gasteiger partial charge in [-0.05, 0) is 30.7 Å². The Balaban J connectivity index is 1.80. The molecule has 3 aromatic rings. The number of non-ortho nitro benzene ring substituents is 1. The maximum Gasteiger partial charge on any atom is 0.270 e. The van der Waals surface area contributed by atoms with Gasteiger partial charge < -0.3 is 4.74 Å². The van der Waals surface area contributed by atoms with E-state index in [0.717, 1.165) is 11.3 Å². The summed E-state index contributed by atoms with van der Waals surface area (Å²) in [6, 6.07) is 11.7. The number of hydrogen-bond donors (Lipinski definition) is 0. The van der Waals surface area contributed by atoms with Gasteiger partial charge in [-0.2, -0.15) is 0 Å². The van der Waals surface area contributed by atoms with Crippen molar-refractivity contribution < 1.29 is 9.66 Å². The van der Waals surface area contributed by atoms with Crippen molar-refractivity contribution in [2.45, 2.75) is 13.5 Å². The van der Waals surface area contributed by atoms with Crippen LogP contribution in [0.4, 0.5) is 5.69 Å². The number of aromatic nitrogens is 2. The predicted molar refractivity (Wildman–Crippen MR) is 89.3 cm³/mol. The number of benzene rings is 2. The first-order valence-corrected chi connectivity index (χ1v) is 7.37. The van der Waals surface area contributed by atoms with E-state index in [1.807, 2.05) is 31.2 Å². The molecule has 2 aromatic carbocycles. The monoisotopic (exact) mass is 325 g/mol. The summed E-state index contributed by atoms with van der Waals surface area (Å²) in [4.78, 5) is 26.9. The minimum absolute atomic E-state index is 0.129. The van der Waals surface area contributed by atoms with Crippen molar-refractivity contribution in [1.82, 2.24) is 9.55 Å². The summed E-state index contributed by atoms with van der Waals surface area (Å²) in [6.45, 7) is 2.57. The summed E-state index contributed by atoms with van der Waals surface area (Å²) in [5.74, 6) is 0.729. The molecule has 7 heteroatoms.